The molecule has 5 heteroatoms. The van der Waals surface area contributed by atoms with Gasteiger partial charge < -0.3 is 0 Å². The molecule has 0 bridgehead atoms. The lowest BCUT2D eigenvalue weighted by molar-refractivity contribution is 0.361. The van der Waals surface area contributed by atoms with E-state index in [1.807, 2.05) is 31.2 Å². The maximum absolute atomic E-state index is 11.7. The minimum absolute atomic E-state index is 0.00945. The second kappa shape index (κ2) is 5.63. The van der Waals surface area contributed by atoms with Gasteiger partial charge in [-0.3, -0.25) is 0 Å². The lowest BCUT2D eigenvalue weighted by Crippen LogP contribution is -2.40. The summed E-state index contributed by atoms with van der Waals surface area (Å²) >= 11 is 12.4. The Labute approximate surface area is 125 Å². The number of benzene rings is 1. The van der Waals surface area contributed by atoms with Gasteiger partial charge in [0.1, 0.15) is 0 Å². The predicted molar refractivity (Wildman–Crippen MR) is 81.1 cm³/mol. The quantitative estimate of drug-likeness (QED) is 0.799. The van der Waals surface area contributed by atoms with Crippen LogP contribution in [0, 0.1) is 12.8 Å². The summed E-state index contributed by atoms with van der Waals surface area (Å²) in [5.41, 5.74) is 1.77. The van der Waals surface area contributed by atoms with Crippen molar-refractivity contribution in [2.24, 2.45) is 5.92 Å². The second-order valence-corrected chi connectivity index (χ2v) is 8.15. The largest absolute Gasteiger partial charge is 0.229 e. The van der Waals surface area contributed by atoms with E-state index in [2.05, 4.69) is 0 Å². The number of halogens is 2. The zero-order valence-electron chi connectivity index (χ0n) is 10.9. The zero-order chi connectivity index (χ0) is 14.1. The Morgan fingerprint density at radius 3 is 2.21 bits per heavy atom. The number of hydrogen-bond donors (Lipinski definition) is 0. The van der Waals surface area contributed by atoms with Gasteiger partial charge in [-0.15, -0.1) is 23.2 Å². The first kappa shape index (κ1) is 15.1. The summed E-state index contributed by atoms with van der Waals surface area (Å²) in [6, 6.07) is 8.08. The Morgan fingerprint density at radius 1 is 1.21 bits per heavy atom. The minimum Gasteiger partial charge on any atom is -0.229 e. The molecule has 1 atom stereocenters. The van der Waals surface area contributed by atoms with Crippen LogP contribution in [0.4, 0.5) is 0 Å². The van der Waals surface area contributed by atoms with Gasteiger partial charge in [-0.25, -0.2) is 8.42 Å². The van der Waals surface area contributed by atoms with Crippen molar-refractivity contribution in [1.82, 2.24) is 0 Å². The molecule has 0 saturated carbocycles. The molecule has 0 aromatic heterocycles. The van der Waals surface area contributed by atoms with E-state index in [1.165, 1.54) is 5.56 Å². The molecule has 0 aliphatic carbocycles. The van der Waals surface area contributed by atoms with Crippen LogP contribution in [0.2, 0.25) is 0 Å². The fraction of sp³-hybridized carbons (Fsp3) is 0.571. The van der Waals surface area contributed by atoms with Gasteiger partial charge in [0.25, 0.3) is 0 Å². The summed E-state index contributed by atoms with van der Waals surface area (Å²) in [4.78, 5) is 0. The van der Waals surface area contributed by atoms with Gasteiger partial charge in [0.05, 0.1) is 11.5 Å². The predicted octanol–water partition coefficient (Wildman–Crippen LogP) is 3.15. The molecule has 1 aromatic carbocycles. The Hall–Kier alpha value is -0.250. The lowest BCUT2D eigenvalue weighted by atomic mass is 9.72. The molecule has 0 N–H and O–H groups in total. The van der Waals surface area contributed by atoms with Gasteiger partial charge in [0.15, 0.2) is 9.84 Å². The second-order valence-electron chi connectivity index (χ2n) is 5.39. The molecule has 1 heterocycles. The summed E-state index contributed by atoms with van der Waals surface area (Å²) < 4.78 is 23.4. The summed E-state index contributed by atoms with van der Waals surface area (Å²) in [6.45, 7) is 2.02. The molecule has 19 heavy (non-hydrogen) atoms. The summed E-state index contributed by atoms with van der Waals surface area (Å²) in [6.07, 6.45) is 0.648. The third-order valence-corrected chi connectivity index (χ3v) is 6.84. The van der Waals surface area contributed by atoms with Crippen LogP contribution in [-0.4, -0.2) is 31.7 Å². The molecule has 0 radical (unpaired) electrons. The maximum Gasteiger partial charge on any atom is 0.150 e. The number of alkyl halides is 2. The highest BCUT2D eigenvalue weighted by atomic mass is 35.5. The molecule has 0 spiro atoms. The first-order valence-electron chi connectivity index (χ1n) is 6.33. The van der Waals surface area contributed by atoms with Gasteiger partial charge >= 0.3 is 0 Å². The van der Waals surface area contributed by atoms with E-state index in [9.17, 15) is 8.42 Å². The van der Waals surface area contributed by atoms with E-state index >= 15 is 0 Å². The summed E-state index contributed by atoms with van der Waals surface area (Å²) in [7, 11) is -2.93. The van der Waals surface area contributed by atoms with Crippen molar-refractivity contribution in [3.8, 4) is 0 Å². The summed E-state index contributed by atoms with van der Waals surface area (Å²) in [5, 5.41) is 0. The third-order valence-electron chi connectivity index (χ3n) is 4.12. The number of aryl methyl sites for hydroxylation is 1. The Kier molecular flexibility index (Phi) is 4.49. The van der Waals surface area contributed by atoms with Crippen LogP contribution < -0.4 is 0 Å². The van der Waals surface area contributed by atoms with Crippen LogP contribution in [0.15, 0.2) is 24.3 Å². The van der Waals surface area contributed by atoms with Crippen LogP contribution in [0.25, 0.3) is 0 Å². The van der Waals surface area contributed by atoms with Crippen molar-refractivity contribution in [3.05, 3.63) is 35.4 Å². The Morgan fingerprint density at radius 2 is 1.79 bits per heavy atom. The first-order valence-corrected chi connectivity index (χ1v) is 9.22. The van der Waals surface area contributed by atoms with Crippen molar-refractivity contribution in [2.75, 3.05) is 23.3 Å². The topological polar surface area (TPSA) is 34.1 Å². The van der Waals surface area contributed by atoms with E-state index in [1.54, 1.807) is 0 Å². The molecule has 1 saturated heterocycles. The highest BCUT2D eigenvalue weighted by molar-refractivity contribution is 7.91. The molecule has 1 aliphatic heterocycles. The number of rotatable bonds is 4. The molecule has 2 nitrogen and oxygen atoms in total. The molecular formula is C14H18Cl2O2S. The van der Waals surface area contributed by atoms with Gasteiger partial charge in [0, 0.05) is 17.2 Å². The maximum atomic E-state index is 11.7. The van der Waals surface area contributed by atoms with E-state index < -0.39 is 15.3 Å². The Balaban J connectivity index is 2.40. The average molecular weight is 321 g/mol. The molecule has 2 rings (SSSR count). The van der Waals surface area contributed by atoms with Crippen molar-refractivity contribution >= 4 is 33.0 Å². The van der Waals surface area contributed by atoms with Crippen LogP contribution in [0.1, 0.15) is 17.5 Å². The van der Waals surface area contributed by atoms with Crippen molar-refractivity contribution in [1.29, 1.82) is 0 Å². The van der Waals surface area contributed by atoms with Crippen molar-refractivity contribution < 1.29 is 8.42 Å². The van der Waals surface area contributed by atoms with Gasteiger partial charge in [-0.2, -0.15) is 0 Å². The first-order chi connectivity index (χ1) is 8.93. The molecule has 1 aromatic rings. The van der Waals surface area contributed by atoms with Crippen LogP contribution in [0.3, 0.4) is 0 Å². The van der Waals surface area contributed by atoms with Gasteiger partial charge in [-0.05, 0) is 24.8 Å². The third kappa shape index (κ3) is 2.93. The van der Waals surface area contributed by atoms with E-state index in [0.717, 1.165) is 5.56 Å². The highest BCUT2D eigenvalue weighted by Gasteiger charge is 2.44. The van der Waals surface area contributed by atoms with Crippen LogP contribution >= 0.6 is 23.2 Å². The fourth-order valence-corrected chi connectivity index (χ4v) is 5.70. The van der Waals surface area contributed by atoms with Crippen molar-refractivity contribution in [3.63, 3.8) is 0 Å². The van der Waals surface area contributed by atoms with Gasteiger partial charge in [0.2, 0.25) is 0 Å². The number of hydrogen-bond acceptors (Lipinski definition) is 2. The fourth-order valence-electron chi connectivity index (χ4n) is 2.76. The van der Waals surface area contributed by atoms with E-state index in [-0.39, 0.29) is 17.4 Å². The molecule has 1 fully saturated rings. The lowest BCUT2D eigenvalue weighted by Gasteiger charge is -2.36. The van der Waals surface area contributed by atoms with E-state index in [0.29, 0.717) is 18.2 Å². The molecule has 1 unspecified atom stereocenters. The average Bonchev–Trinajstić information content (AvgIpc) is 2.74. The normalized spacial score (nSPS) is 22.6. The zero-order valence-corrected chi connectivity index (χ0v) is 13.2. The molecule has 0 amide bonds. The van der Waals surface area contributed by atoms with Crippen LogP contribution in [0.5, 0.6) is 0 Å². The standard InChI is InChI=1S/C14H18Cl2O2S/c1-11-2-4-12(5-3-11)14(9-15,10-16)13-6-7-19(17,18)8-13/h2-5,13H,6-10H2,1H3. The monoisotopic (exact) mass is 320 g/mol. The van der Waals surface area contributed by atoms with E-state index in [4.69, 9.17) is 23.2 Å². The Bertz CT molecular complexity index is 533. The van der Waals surface area contributed by atoms with Gasteiger partial charge in [-0.1, -0.05) is 29.8 Å². The van der Waals surface area contributed by atoms with Crippen LogP contribution in [-0.2, 0) is 15.3 Å². The minimum atomic E-state index is -2.93. The molecule has 1 aliphatic rings. The smallest absolute Gasteiger partial charge is 0.150 e. The number of sulfone groups is 1. The SMILES string of the molecule is Cc1ccc(C(CCl)(CCl)C2CCS(=O)(=O)C2)cc1. The molecule has 106 valence electrons. The van der Waals surface area contributed by atoms with Crippen molar-refractivity contribution in [2.45, 2.75) is 18.8 Å². The highest BCUT2D eigenvalue weighted by Crippen LogP contribution is 2.41. The summed E-state index contributed by atoms with van der Waals surface area (Å²) in [5.74, 6) is 1.15. The molecular weight excluding hydrogens is 303 g/mol.